The second-order valence-electron chi connectivity index (χ2n) is 7.72. The summed E-state index contributed by atoms with van der Waals surface area (Å²) in [5, 5.41) is 11.4. The van der Waals surface area contributed by atoms with E-state index in [0.717, 1.165) is 30.8 Å². The second-order valence-corrected chi connectivity index (χ2v) is 7.72. The number of fused-ring (bicyclic) bond motifs is 1. The first-order chi connectivity index (χ1) is 15.7. The molecule has 0 spiro atoms. The fourth-order valence-electron chi connectivity index (χ4n) is 4.15. The Balaban J connectivity index is 1.22. The molecule has 11 heteroatoms. The standard InChI is InChI=1S/C21H24N8O3/c1-2-31-21(30)27-8-6-17(7-9-27)32-20-12-19(22-13-23-20)28-10-5-15-11-16(3-4-18(15)28)29-14-24-25-26-29/h3,5,10-14,17-18H,2,4,6-9H2,1H3. The van der Waals surface area contributed by atoms with Crippen molar-refractivity contribution in [1.29, 1.82) is 0 Å². The molecule has 1 atom stereocenters. The Labute approximate surface area is 185 Å². The van der Waals surface area contributed by atoms with Crippen LogP contribution in [0.2, 0.25) is 0 Å². The number of hydrogen-bond donors (Lipinski definition) is 0. The maximum Gasteiger partial charge on any atom is 0.409 e. The number of nitrogens with zero attached hydrogens (tertiary/aromatic N) is 8. The van der Waals surface area contributed by atoms with E-state index in [9.17, 15) is 4.79 Å². The molecule has 11 nitrogen and oxygen atoms in total. The Bertz CT molecular complexity index is 1060. The Morgan fingerprint density at radius 2 is 2.12 bits per heavy atom. The van der Waals surface area contributed by atoms with E-state index in [2.05, 4.69) is 48.6 Å². The van der Waals surface area contributed by atoms with Gasteiger partial charge in [-0.15, -0.1) is 5.10 Å². The molecule has 1 fully saturated rings. The van der Waals surface area contributed by atoms with Crippen molar-refractivity contribution in [1.82, 2.24) is 35.1 Å². The first kappa shape index (κ1) is 20.2. The van der Waals surface area contributed by atoms with Gasteiger partial charge in [-0.25, -0.2) is 19.4 Å². The predicted octanol–water partition coefficient (Wildman–Crippen LogP) is 2.04. The Hall–Kier alpha value is -3.76. The summed E-state index contributed by atoms with van der Waals surface area (Å²) in [5.41, 5.74) is 2.12. The molecule has 5 rings (SSSR count). The molecule has 2 aromatic heterocycles. The minimum atomic E-state index is -0.260. The van der Waals surface area contributed by atoms with Crippen molar-refractivity contribution in [2.24, 2.45) is 0 Å². The summed E-state index contributed by atoms with van der Waals surface area (Å²) in [4.78, 5) is 24.5. The SMILES string of the molecule is CCOC(=O)N1CCC(Oc2cc(N3C=CC4=CC(n5cnnn5)=CCC43)ncn2)CC1. The van der Waals surface area contributed by atoms with Crippen LogP contribution in [-0.2, 0) is 4.74 Å². The lowest BCUT2D eigenvalue weighted by molar-refractivity contribution is 0.0688. The number of anilines is 1. The van der Waals surface area contributed by atoms with Crippen molar-refractivity contribution in [3.63, 3.8) is 0 Å². The Morgan fingerprint density at radius 1 is 1.25 bits per heavy atom. The summed E-state index contributed by atoms with van der Waals surface area (Å²) < 4.78 is 12.8. The van der Waals surface area contributed by atoms with Gasteiger partial charge in [0.1, 0.15) is 24.6 Å². The van der Waals surface area contributed by atoms with Crippen LogP contribution in [0.3, 0.4) is 0 Å². The number of allylic oxidation sites excluding steroid dienone is 2. The van der Waals surface area contributed by atoms with Gasteiger partial charge in [0.25, 0.3) is 0 Å². The number of carbonyl (C=O) groups excluding carboxylic acids is 1. The van der Waals surface area contributed by atoms with Crippen LogP contribution in [0.5, 0.6) is 5.88 Å². The third-order valence-corrected chi connectivity index (χ3v) is 5.77. The number of ether oxygens (including phenoxy) is 2. The van der Waals surface area contributed by atoms with Gasteiger partial charge in [0.15, 0.2) is 0 Å². The minimum absolute atomic E-state index is 0.00413. The minimum Gasteiger partial charge on any atom is -0.474 e. The predicted molar refractivity (Wildman–Crippen MR) is 114 cm³/mol. The monoisotopic (exact) mass is 436 g/mol. The van der Waals surface area contributed by atoms with Crippen LogP contribution >= 0.6 is 0 Å². The van der Waals surface area contributed by atoms with Crippen LogP contribution in [-0.4, -0.2) is 73.0 Å². The van der Waals surface area contributed by atoms with Gasteiger partial charge in [0.05, 0.1) is 18.3 Å². The topological polar surface area (TPSA) is 111 Å². The Kier molecular flexibility index (Phi) is 5.53. The fourth-order valence-corrected chi connectivity index (χ4v) is 4.15. The zero-order valence-corrected chi connectivity index (χ0v) is 17.7. The normalized spacial score (nSPS) is 20.6. The molecule has 0 saturated carbocycles. The molecule has 4 heterocycles. The first-order valence-corrected chi connectivity index (χ1v) is 10.7. The zero-order valence-electron chi connectivity index (χ0n) is 17.7. The summed E-state index contributed by atoms with van der Waals surface area (Å²) in [6, 6.07) is 2.02. The smallest absolute Gasteiger partial charge is 0.409 e. The number of rotatable bonds is 5. The number of aromatic nitrogens is 6. The van der Waals surface area contributed by atoms with E-state index in [1.165, 1.54) is 11.9 Å². The third kappa shape index (κ3) is 4.05. The molecule has 0 aromatic carbocycles. The molecular weight excluding hydrogens is 412 g/mol. The summed E-state index contributed by atoms with van der Waals surface area (Å²) in [7, 11) is 0. The molecule has 1 saturated heterocycles. The average molecular weight is 436 g/mol. The van der Waals surface area contributed by atoms with E-state index < -0.39 is 0 Å². The highest BCUT2D eigenvalue weighted by molar-refractivity contribution is 5.68. The number of piperidine rings is 1. The van der Waals surface area contributed by atoms with Crippen LogP contribution in [0.4, 0.5) is 10.6 Å². The molecule has 1 unspecified atom stereocenters. The second kappa shape index (κ2) is 8.77. The summed E-state index contributed by atoms with van der Waals surface area (Å²) in [6.07, 6.45) is 13.4. The van der Waals surface area contributed by atoms with Gasteiger partial charge in [-0.05, 0) is 41.5 Å². The first-order valence-electron chi connectivity index (χ1n) is 10.7. The molecule has 0 N–H and O–H groups in total. The van der Waals surface area contributed by atoms with Crippen LogP contribution in [0.15, 0.2) is 48.7 Å². The molecule has 2 aliphatic heterocycles. The van der Waals surface area contributed by atoms with Crippen molar-refractivity contribution in [2.75, 3.05) is 24.6 Å². The molecule has 166 valence electrons. The number of amides is 1. The highest BCUT2D eigenvalue weighted by atomic mass is 16.6. The lowest BCUT2D eigenvalue weighted by Crippen LogP contribution is -2.42. The fraction of sp³-hybridized carbons (Fsp3) is 0.429. The van der Waals surface area contributed by atoms with Crippen LogP contribution in [0.25, 0.3) is 5.70 Å². The summed E-state index contributed by atoms with van der Waals surface area (Å²) in [5.74, 6) is 1.32. The molecular formula is C21H24N8O3. The molecule has 0 radical (unpaired) electrons. The molecule has 32 heavy (non-hydrogen) atoms. The quantitative estimate of drug-likeness (QED) is 0.695. The van der Waals surface area contributed by atoms with Gasteiger partial charge in [0, 0.05) is 38.2 Å². The van der Waals surface area contributed by atoms with Crippen molar-refractivity contribution in [2.45, 2.75) is 38.3 Å². The van der Waals surface area contributed by atoms with E-state index in [1.54, 1.807) is 15.9 Å². The highest BCUT2D eigenvalue weighted by Gasteiger charge is 2.29. The maximum atomic E-state index is 11.9. The van der Waals surface area contributed by atoms with Gasteiger partial charge in [-0.3, -0.25) is 0 Å². The van der Waals surface area contributed by atoms with E-state index in [1.807, 2.05) is 19.2 Å². The largest absolute Gasteiger partial charge is 0.474 e. The van der Waals surface area contributed by atoms with E-state index in [0.29, 0.717) is 25.6 Å². The van der Waals surface area contributed by atoms with Gasteiger partial charge < -0.3 is 19.3 Å². The number of carbonyl (C=O) groups is 1. The van der Waals surface area contributed by atoms with Crippen LogP contribution < -0.4 is 9.64 Å². The molecule has 1 aliphatic carbocycles. The maximum absolute atomic E-state index is 11.9. The van der Waals surface area contributed by atoms with Crippen LogP contribution in [0.1, 0.15) is 26.2 Å². The lowest BCUT2D eigenvalue weighted by Gasteiger charge is -2.31. The van der Waals surface area contributed by atoms with E-state index in [-0.39, 0.29) is 18.2 Å². The van der Waals surface area contributed by atoms with E-state index >= 15 is 0 Å². The summed E-state index contributed by atoms with van der Waals surface area (Å²) in [6.45, 7) is 3.42. The molecule has 1 amide bonds. The van der Waals surface area contributed by atoms with Gasteiger partial charge >= 0.3 is 6.09 Å². The van der Waals surface area contributed by atoms with Crippen molar-refractivity contribution in [3.05, 3.63) is 48.7 Å². The summed E-state index contributed by atoms with van der Waals surface area (Å²) >= 11 is 0. The molecule has 3 aliphatic rings. The average Bonchev–Trinajstić information content (AvgIpc) is 3.50. The van der Waals surface area contributed by atoms with Gasteiger partial charge in [-0.2, -0.15) is 0 Å². The van der Waals surface area contributed by atoms with Crippen molar-refractivity contribution >= 4 is 17.6 Å². The lowest BCUT2D eigenvalue weighted by atomic mass is 9.98. The van der Waals surface area contributed by atoms with Gasteiger partial charge in [-0.1, -0.05) is 6.08 Å². The molecule has 2 aromatic rings. The van der Waals surface area contributed by atoms with E-state index in [4.69, 9.17) is 9.47 Å². The highest BCUT2D eigenvalue weighted by Crippen LogP contribution is 2.34. The van der Waals surface area contributed by atoms with Crippen molar-refractivity contribution < 1.29 is 14.3 Å². The molecule has 0 bridgehead atoms. The number of tetrazole rings is 1. The van der Waals surface area contributed by atoms with Crippen molar-refractivity contribution in [3.8, 4) is 5.88 Å². The zero-order chi connectivity index (χ0) is 21.9. The Morgan fingerprint density at radius 3 is 2.91 bits per heavy atom. The third-order valence-electron chi connectivity index (χ3n) is 5.77. The van der Waals surface area contributed by atoms with Gasteiger partial charge in [0.2, 0.25) is 5.88 Å². The number of hydrogen-bond acceptors (Lipinski definition) is 9. The van der Waals surface area contributed by atoms with Crippen LogP contribution in [0, 0.1) is 0 Å². The number of likely N-dealkylation sites (tertiary alicyclic amines) is 1.